The highest BCUT2D eigenvalue weighted by Gasteiger charge is 2.44. The summed E-state index contributed by atoms with van der Waals surface area (Å²) in [5.74, 6) is -2.44. The molecule has 4 heterocycles. The Bertz CT molecular complexity index is 3080. The zero-order valence-corrected chi connectivity index (χ0v) is 50.6. The topological polar surface area (TPSA) is 242 Å². The number of unbranched alkanes of at least 4 members (excludes halogenated alkanes) is 8. The molecule has 446 valence electrons. The number of anilines is 2. The summed E-state index contributed by atoms with van der Waals surface area (Å²) in [6.45, 7) is 14.2. The summed E-state index contributed by atoms with van der Waals surface area (Å²) in [5.41, 5.74) is 11.0. The Balaban J connectivity index is 0.752. The van der Waals surface area contributed by atoms with Gasteiger partial charge in [-0.15, -0.1) is 21.5 Å². The number of nitrogens with one attached hydrogen (secondary N) is 3. The average molecular weight is 1200 g/mol. The molecule has 83 heavy (non-hydrogen) atoms. The zero-order valence-electron chi connectivity index (χ0n) is 48.3. The highest BCUT2D eigenvalue weighted by atomic mass is 35.5. The second kappa shape index (κ2) is 29.2. The number of piperazine rings is 1. The van der Waals surface area contributed by atoms with Crippen molar-refractivity contribution in [2.75, 3.05) is 30.7 Å². The van der Waals surface area contributed by atoms with E-state index in [0.29, 0.717) is 37.2 Å². The summed E-state index contributed by atoms with van der Waals surface area (Å²) in [6, 6.07) is 16.1. The summed E-state index contributed by atoms with van der Waals surface area (Å²) < 4.78 is 20.1. The van der Waals surface area contributed by atoms with Gasteiger partial charge in [0, 0.05) is 85.4 Å². The molecule has 2 saturated heterocycles. The monoisotopic (exact) mass is 1200 g/mol. The third-order valence-electron chi connectivity index (χ3n) is 15.2. The lowest BCUT2D eigenvalue weighted by atomic mass is 9.85. The molecule has 18 nitrogen and oxygen atoms in total. The SMILES string of the molecule is Cc1ncsc1-c1ccc(CNC(=O)[C@@H]2C[C@@H](O)CN2C(=O)[C@@H](NC(=O)CCCCCCCCCCCC(=O)N2[C@H](C)CN(C(=O)c3ccc(NC(=O)c4cc(O[C@H](C)c5c(Cl)ccc(F)c5Cl)c(N)nn4)cc3)C[C@@H]2C)C(C)(C)C)cc1. The van der Waals surface area contributed by atoms with E-state index in [1.54, 1.807) is 47.4 Å². The summed E-state index contributed by atoms with van der Waals surface area (Å²) in [5, 5.41) is 27.0. The van der Waals surface area contributed by atoms with Gasteiger partial charge in [-0.1, -0.05) is 113 Å². The fraction of sp³-hybridized carbons (Fsp3) is 0.492. The number of hydrogen-bond acceptors (Lipinski definition) is 13. The van der Waals surface area contributed by atoms with Crippen LogP contribution in [0.1, 0.15) is 162 Å². The highest BCUT2D eigenvalue weighted by molar-refractivity contribution is 7.13. The van der Waals surface area contributed by atoms with Crippen LogP contribution >= 0.6 is 34.5 Å². The van der Waals surface area contributed by atoms with Gasteiger partial charge in [0.15, 0.2) is 17.3 Å². The molecule has 0 saturated carbocycles. The Morgan fingerprint density at radius 3 is 2.10 bits per heavy atom. The second-order valence-corrected chi connectivity index (χ2v) is 24.5. The van der Waals surface area contributed by atoms with E-state index in [9.17, 15) is 38.3 Å². The first-order valence-corrected chi connectivity index (χ1v) is 30.1. The number of rotatable bonds is 24. The number of aromatic nitrogens is 3. The van der Waals surface area contributed by atoms with E-state index in [0.717, 1.165) is 79.1 Å². The summed E-state index contributed by atoms with van der Waals surface area (Å²) >= 11 is 14.0. The first kappa shape index (κ1) is 63.8. The minimum atomic E-state index is -0.876. The first-order chi connectivity index (χ1) is 39.5. The van der Waals surface area contributed by atoms with Crippen LogP contribution < -0.4 is 26.4 Å². The maximum Gasteiger partial charge on any atom is 0.276 e. The van der Waals surface area contributed by atoms with Gasteiger partial charge >= 0.3 is 0 Å². The molecule has 0 aliphatic carbocycles. The molecule has 2 fully saturated rings. The van der Waals surface area contributed by atoms with Crippen molar-refractivity contribution in [3.05, 3.63) is 116 Å². The quantitative estimate of drug-likeness (QED) is 0.0286. The van der Waals surface area contributed by atoms with E-state index >= 15 is 0 Å². The van der Waals surface area contributed by atoms with Crippen molar-refractivity contribution in [2.24, 2.45) is 5.41 Å². The minimum Gasteiger partial charge on any atom is -0.482 e. The minimum absolute atomic E-state index is 0.0125. The molecule has 6 N–H and O–H groups in total. The number of likely N-dealkylation sites (tertiary alicyclic amines) is 1. The molecule has 3 aromatic carbocycles. The van der Waals surface area contributed by atoms with Crippen LogP contribution in [0.4, 0.5) is 15.9 Å². The number of aryl methyl sites for hydroxylation is 1. The van der Waals surface area contributed by atoms with Crippen molar-refractivity contribution in [1.82, 2.24) is 40.5 Å². The number of nitrogen functional groups attached to an aromatic ring is 1. The van der Waals surface area contributed by atoms with Crippen molar-refractivity contribution in [2.45, 2.75) is 168 Å². The predicted octanol–water partition coefficient (Wildman–Crippen LogP) is 10.5. The molecule has 6 atom stereocenters. The molecular formula is C61H77Cl2FN10O8S. The standard InChI is InChI=1S/C61H77Cl2FN10O8S/c1-36-32-72(59(80)42-23-25-43(26-24-42)68-57(78)47-30-49(56(65)71-70-47)82-39(4)52-45(62)27-28-46(64)53(52)63)33-37(2)74(36)51(77)18-16-14-12-10-8-9-11-13-15-17-50(76)69-55(61(5,6)7)60(81)73-34-44(75)29-48(73)58(79)66-31-40-19-21-41(22-20-40)54-38(3)67-35-83-54/h19-28,30,35-37,39,44,48,55,75H,8-18,29,31-34H2,1-7H3,(H2,65,71)(H,66,79)(H,68,78)(H,69,76)/t36-,37+,39-,44-,48+,55-/m1/s1. The molecular weight excluding hydrogens is 1120 g/mol. The molecule has 5 aromatic rings. The van der Waals surface area contributed by atoms with Crippen LogP contribution in [0.15, 0.2) is 72.2 Å². The molecule has 0 spiro atoms. The van der Waals surface area contributed by atoms with Crippen LogP contribution in [0.2, 0.25) is 10.0 Å². The Kier molecular flexibility index (Phi) is 22.4. The largest absolute Gasteiger partial charge is 0.482 e. The molecule has 0 radical (unpaired) electrons. The number of halogens is 3. The van der Waals surface area contributed by atoms with Gasteiger partial charge in [0.2, 0.25) is 23.6 Å². The normalized spacial score (nSPS) is 17.9. The molecule has 2 aliphatic rings. The number of ether oxygens (including phenoxy) is 1. The van der Waals surface area contributed by atoms with E-state index in [1.807, 2.05) is 76.2 Å². The Morgan fingerprint density at radius 1 is 0.855 bits per heavy atom. The van der Waals surface area contributed by atoms with Crippen molar-refractivity contribution in [3.63, 3.8) is 0 Å². The number of benzene rings is 3. The van der Waals surface area contributed by atoms with Crippen molar-refractivity contribution in [1.29, 1.82) is 0 Å². The number of aliphatic hydroxyl groups is 1. The lowest BCUT2D eigenvalue weighted by molar-refractivity contribution is -0.144. The maximum absolute atomic E-state index is 14.2. The molecule has 0 bridgehead atoms. The summed E-state index contributed by atoms with van der Waals surface area (Å²) in [4.78, 5) is 91.6. The van der Waals surface area contributed by atoms with Crippen LogP contribution in [0.3, 0.4) is 0 Å². The van der Waals surface area contributed by atoms with Gasteiger partial charge in [-0.05, 0) is 93.5 Å². The number of amides is 6. The average Bonchev–Trinajstić information content (AvgIpc) is 4.23. The fourth-order valence-electron chi connectivity index (χ4n) is 10.7. The number of nitrogens with two attached hydrogens (primary N) is 1. The molecule has 6 amide bonds. The lowest BCUT2D eigenvalue weighted by Crippen LogP contribution is -2.59. The lowest BCUT2D eigenvalue weighted by Gasteiger charge is -2.44. The van der Waals surface area contributed by atoms with Gasteiger partial charge in [0.05, 0.1) is 27.2 Å². The van der Waals surface area contributed by atoms with E-state index in [2.05, 4.69) is 31.1 Å². The van der Waals surface area contributed by atoms with Gasteiger partial charge in [-0.2, -0.15) is 0 Å². The molecule has 2 aromatic heterocycles. The Hall–Kier alpha value is -6.74. The number of hydrogen-bond donors (Lipinski definition) is 5. The number of β-amino-alcohol motifs (C(OH)–C–C–N with tert-alkyl or cyclic N) is 1. The van der Waals surface area contributed by atoms with E-state index in [1.165, 1.54) is 17.0 Å². The van der Waals surface area contributed by atoms with Crippen molar-refractivity contribution in [3.8, 4) is 16.2 Å². The predicted molar refractivity (Wildman–Crippen MR) is 320 cm³/mol. The van der Waals surface area contributed by atoms with E-state index in [4.69, 9.17) is 33.7 Å². The van der Waals surface area contributed by atoms with Crippen LogP contribution in [0, 0.1) is 18.2 Å². The van der Waals surface area contributed by atoms with Gasteiger partial charge in [0.1, 0.15) is 24.0 Å². The van der Waals surface area contributed by atoms with Crippen LogP contribution in [-0.2, 0) is 25.7 Å². The number of nitrogens with zero attached hydrogens (tertiary/aromatic N) is 6. The molecule has 0 unspecified atom stereocenters. The van der Waals surface area contributed by atoms with Crippen LogP contribution in [0.5, 0.6) is 5.75 Å². The maximum atomic E-state index is 14.2. The second-order valence-electron chi connectivity index (χ2n) is 22.9. The zero-order chi connectivity index (χ0) is 60.1. The van der Waals surface area contributed by atoms with Gasteiger partial charge < -0.3 is 46.2 Å². The van der Waals surface area contributed by atoms with Gasteiger partial charge in [-0.25, -0.2) is 9.37 Å². The number of carbonyl (C=O) groups excluding carboxylic acids is 6. The smallest absolute Gasteiger partial charge is 0.276 e. The van der Waals surface area contributed by atoms with Crippen molar-refractivity contribution < 1.29 is 43.0 Å². The molecule has 2 aliphatic heterocycles. The van der Waals surface area contributed by atoms with Gasteiger partial charge in [-0.3, -0.25) is 28.8 Å². The van der Waals surface area contributed by atoms with Crippen LogP contribution in [0.25, 0.3) is 10.4 Å². The third-order valence-corrected chi connectivity index (χ3v) is 16.9. The van der Waals surface area contributed by atoms with E-state index in [-0.39, 0.29) is 100 Å². The number of thiazole rings is 1. The highest BCUT2D eigenvalue weighted by Crippen LogP contribution is 2.36. The Labute approximate surface area is 499 Å². The fourth-order valence-corrected chi connectivity index (χ4v) is 12.2. The Morgan fingerprint density at radius 2 is 1.48 bits per heavy atom. The summed E-state index contributed by atoms with van der Waals surface area (Å²) in [7, 11) is 0. The molecule has 7 rings (SSSR count). The third kappa shape index (κ3) is 17.0. The van der Waals surface area contributed by atoms with Gasteiger partial charge in [0.25, 0.3) is 11.8 Å². The van der Waals surface area contributed by atoms with Crippen molar-refractivity contribution >= 4 is 81.5 Å². The first-order valence-electron chi connectivity index (χ1n) is 28.5. The van der Waals surface area contributed by atoms with E-state index < -0.39 is 41.4 Å². The summed E-state index contributed by atoms with van der Waals surface area (Å²) in [6.07, 6.45) is 7.55. The van der Waals surface area contributed by atoms with Crippen LogP contribution in [-0.4, -0.2) is 120 Å². The number of carbonyl (C=O) groups is 6. The molecule has 22 heteroatoms. The number of aliphatic hydroxyl groups excluding tert-OH is 1.